The maximum atomic E-state index is 13.8. The number of hydrogen-bond donors (Lipinski definition) is 2. The van der Waals surface area contributed by atoms with Gasteiger partial charge in [-0.1, -0.05) is 29.5 Å². The summed E-state index contributed by atoms with van der Waals surface area (Å²) in [6.45, 7) is 9.33. The van der Waals surface area contributed by atoms with Gasteiger partial charge in [-0.2, -0.15) is 0 Å². The lowest BCUT2D eigenvalue weighted by Crippen LogP contribution is -2.45. The van der Waals surface area contributed by atoms with Gasteiger partial charge in [0.25, 0.3) is 5.56 Å². The molecule has 0 spiro atoms. The number of fused-ring (bicyclic) bond motifs is 3. The van der Waals surface area contributed by atoms with Gasteiger partial charge in [0, 0.05) is 10.9 Å². The first kappa shape index (κ1) is 23.5. The van der Waals surface area contributed by atoms with Gasteiger partial charge in [-0.3, -0.25) is 19.5 Å². The Labute approximate surface area is 201 Å². The third-order valence-corrected chi connectivity index (χ3v) is 7.85. The zero-order valence-electron chi connectivity index (χ0n) is 19.4. The van der Waals surface area contributed by atoms with Crippen LogP contribution in [-0.4, -0.2) is 32.8 Å². The SMILES string of the molecule is Cc1ccc(-n2c(SC(C)C(=O)NC(=O)NC(C)C)nc3sc4c(c3c2=O)CCC4)c(C)c1. The van der Waals surface area contributed by atoms with Gasteiger partial charge in [0.05, 0.1) is 16.3 Å². The van der Waals surface area contributed by atoms with Crippen molar-refractivity contribution in [2.75, 3.05) is 0 Å². The second-order valence-corrected chi connectivity index (χ2v) is 11.1. The van der Waals surface area contributed by atoms with E-state index in [0.717, 1.165) is 46.5 Å². The van der Waals surface area contributed by atoms with Crippen molar-refractivity contribution in [3.8, 4) is 5.69 Å². The van der Waals surface area contributed by atoms with E-state index in [0.29, 0.717) is 10.5 Å². The fourth-order valence-corrected chi connectivity index (χ4v) is 6.32. The Bertz CT molecular complexity index is 1310. The third-order valence-electron chi connectivity index (χ3n) is 5.61. The summed E-state index contributed by atoms with van der Waals surface area (Å²) in [6.07, 6.45) is 2.94. The van der Waals surface area contributed by atoms with Crippen molar-refractivity contribution in [2.24, 2.45) is 0 Å². The molecule has 1 aromatic carbocycles. The predicted molar refractivity (Wildman–Crippen MR) is 134 cm³/mol. The number of aryl methyl sites for hydroxylation is 4. The number of urea groups is 1. The van der Waals surface area contributed by atoms with E-state index in [1.165, 1.54) is 16.6 Å². The molecule has 1 atom stereocenters. The van der Waals surface area contributed by atoms with Gasteiger partial charge < -0.3 is 5.32 Å². The Morgan fingerprint density at radius 1 is 1.18 bits per heavy atom. The molecule has 0 saturated carbocycles. The molecule has 33 heavy (non-hydrogen) atoms. The molecular weight excluding hydrogens is 456 g/mol. The second kappa shape index (κ2) is 9.30. The number of thiophene rings is 1. The fraction of sp³-hybridized carbons (Fsp3) is 0.417. The van der Waals surface area contributed by atoms with E-state index in [1.807, 2.05) is 45.9 Å². The molecule has 0 bridgehead atoms. The molecule has 0 radical (unpaired) electrons. The van der Waals surface area contributed by atoms with Crippen molar-refractivity contribution in [2.45, 2.75) is 70.3 Å². The van der Waals surface area contributed by atoms with Crippen LogP contribution >= 0.6 is 23.1 Å². The minimum atomic E-state index is -0.629. The number of aromatic nitrogens is 2. The summed E-state index contributed by atoms with van der Waals surface area (Å²) >= 11 is 2.76. The van der Waals surface area contributed by atoms with E-state index in [-0.39, 0.29) is 11.6 Å². The number of rotatable bonds is 5. The third kappa shape index (κ3) is 4.70. The first-order chi connectivity index (χ1) is 15.7. The molecule has 3 amide bonds. The fourth-order valence-electron chi connectivity index (χ4n) is 4.10. The molecule has 9 heteroatoms. The summed E-state index contributed by atoms with van der Waals surface area (Å²) in [5, 5.41) is 5.54. The van der Waals surface area contributed by atoms with Crippen molar-refractivity contribution in [1.29, 1.82) is 0 Å². The van der Waals surface area contributed by atoms with Crippen molar-refractivity contribution in [1.82, 2.24) is 20.2 Å². The molecular formula is C24H28N4O3S2. The number of carbonyl (C=O) groups is 2. The molecule has 174 valence electrons. The lowest BCUT2D eigenvalue weighted by molar-refractivity contribution is -0.119. The highest BCUT2D eigenvalue weighted by atomic mass is 32.2. The van der Waals surface area contributed by atoms with Gasteiger partial charge in [-0.25, -0.2) is 9.78 Å². The summed E-state index contributed by atoms with van der Waals surface area (Å²) in [4.78, 5) is 45.2. The average molecular weight is 485 g/mol. The van der Waals surface area contributed by atoms with Crippen molar-refractivity contribution < 1.29 is 9.59 Å². The number of amides is 3. The average Bonchev–Trinajstić information content (AvgIpc) is 3.29. The molecule has 0 saturated heterocycles. The summed E-state index contributed by atoms with van der Waals surface area (Å²) < 4.78 is 1.63. The van der Waals surface area contributed by atoms with Crippen molar-refractivity contribution in [3.05, 3.63) is 50.1 Å². The van der Waals surface area contributed by atoms with Crippen LogP contribution in [0.5, 0.6) is 0 Å². The van der Waals surface area contributed by atoms with Crippen LogP contribution in [0.3, 0.4) is 0 Å². The number of thioether (sulfide) groups is 1. The van der Waals surface area contributed by atoms with E-state index >= 15 is 0 Å². The van der Waals surface area contributed by atoms with Crippen LogP contribution in [0.1, 0.15) is 48.8 Å². The van der Waals surface area contributed by atoms with Crippen LogP contribution in [-0.2, 0) is 17.6 Å². The van der Waals surface area contributed by atoms with Gasteiger partial charge in [0.2, 0.25) is 5.91 Å². The Balaban J connectivity index is 1.78. The number of hydrogen-bond acceptors (Lipinski definition) is 6. The highest BCUT2D eigenvalue weighted by Crippen LogP contribution is 2.36. The first-order valence-electron chi connectivity index (χ1n) is 11.1. The quantitative estimate of drug-likeness (QED) is 0.417. The minimum absolute atomic E-state index is 0.0831. The van der Waals surface area contributed by atoms with Crippen LogP contribution in [0.25, 0.3) is 15.9 Å². The first-order valence-corrected chi connectivity index (χ1v) is 12.8. The van der Waals surface area contributed by atoms with Gasteiger partial charge >= 0.3 is 6.03 Å². The molecule has 2 N–H and O–H groups in total. The van der Waals surface area contributed by atoms with E-state index in [9.17, 15) is 14.4 Å². The van der Waals surface area contributed by atoms with Crippen molar-refractivity contribution in [3.63, 3.8) is 0 Å². The van der Waals surface area contributed by atoms with Crippen LogP contribution in [0.4, 0.5) is 4.79 Å². The summed E-state index contributed by atoms with van der Waals surface area (Å²) in [5.41, 5.74) is 3.84. The largest absolute Gasteiger partial charge is 0.336 e. The zero-order chi connectivity index (χ0) is 23.9. The van der Waals surface area contributed by atoms with E-state index < -0.39 is 17.2 Å². The van der Waals surface area contributed by atoms with Gasteiger partial charge in [-0.15, -0.1) is 11.3 Å². The predicted octanol–water partition coefficient (Wildman–Crippen LogP) is 4.27. The highest BCUT2D eigenvalue weighted by Gasteiger charge is 2.26. The lowest BCUT2D eigenvalue weighted by atomic mass is 10.1. The van der Waals surface area contributed by atoms with Crippen molar-refractivity contribution >= 4 is 45.3 Å². The number of nitrogens with one attached hydrogen (secondary N) is 2. The molecule has 0 fully saturated rings. The Hall–Kier alpha value is -2.65. The van der Waals surface area contributed by atoms with E-state index in [1.54, 1.807) is 22.8 Å². The maximum absolute atomic E-state index is 13.8. The molecule has 3 aromatic rings. The van der Waals surface area contributed by atoms with Crippen LogP contribution in [0.15, 0.2) is 28.2 Å². The van der Waals surface area contributed by atoms with Gasteiger partial charge in [0.15, 0.2) is 5.16 Å². The number of nitrogens with zero attached hydrogens (tertiary/aromatic N) is 2. The molecule has 4 rings (SSSR count). The number of benzene rings is 1. The van der Waals surface area contributed by atoms with Crippen LogP contribution in [0.2, 0.25) is 0 Å². The zero-order valence-corrected chi connectivity index (χ0v) is 21.1. The lowest BCUT2D eigenvalue weighted by Gasteiger charge is -2.17. The van der Waals surface area contributed by atoms with Crippen LogP contribution in [0, 0.1) is 13.8 Å². The summed E-state index contributed by atoms with van der Waals surface area (Å²) in [5.74, 6) is -0.437. The summed E-state index contributed by atoms with van der Waals surface area (Å²) in [7, 11) is 0. The molecule has 1 unspecified atom stereocenters. The number of carbonyl (C=O) groups excluding carboxylic acids is 2. The smallest absolute Gasteiger partial charge is 0.321 e. The minimum Gasteiger partial charge on any atom is -0.336 e. The highest BCUT2D eigenvalue weighted by molar-refractivity contribution is 8.00. The molecule has 2 aromatic heterocycles. The van der Waals surface area contributed by atoms with E-state index in [4.69, 9.17) is 4.98 Å². The Morgan fingerprint density at radius 2 is 1.94 bits per heavy atom. The molecule has 7 nitrogen and oxygen atoms in total. The second-order valence-electron chi connectivity index (χ2n) is 8.74. The normalized spacial score (nSPS) is 13.9. The Morgan fingerprint density at radius 3 is 2.64 bits per heavy atom. The topological polar surface area (TPSA) is 93.1 Å². The standard InChI is InChI=1S/C24H28N4O3S2/c1-12(2)25-23(31)26-20(29)15(5)32-24-27-21-19(16-7-6-8-18(16)33-21)22(30)28(24)17-10-9-13(3)11-14(17)4/h9-12,15H,6-8H2,1-5H3,(H2,25,26,29,31). The molecule has 2 heterocycles. The molecule has 0 aliphatic heterocycles. The molecule has 1 aliphatic carbocycles. The van der Waals surface area contributed by atoms with Gasteiger partial charge in [0.1, 0.15) is 4.83 Å². The van der Waals surface area contributed by atoms with E-state index in [2.05, 4.69) is 10.6 Å². The monoisotopic (exact) mass is 484 g/mol. The summed E-state index contributed by atoms with van der Waals surface area (Å²) in [6, 6.07) is 5.31. The molecule has 1 aliphatic rings. The van der Waals surface area contributed by atoms with Crippen LogP contribution < -0.4 is 16.2 Å². The Kier molecular flexibility index (Phi) is 6.63. The maximum Gasteiger partial charge on any atom is 0.321 e. The van der Waals surface area contributed by atoms with Gasteiger partial charge in [-0.05, 0) is 71.1 Å². The number of imide groups is 1.